The summed E-state index contributed by atoms with van der Waals surface area (Å²) in [4.78, 5) is 9.98. The van der Waals surface area contributed by atoms with E-state index < -0.39 is 16.2 Å². The molecule has 0 bridgehead atoms. The Hall–Kier alpha value is -1.96. The Kier molecular flexibility index (Phi) is 2.80. The van der Waals surface area contributed by atoms with Gasteiger partial charge in [0.05, 0.1) is 22.5 Å². The van der Waals surface area contributed by atoms with E-state index in [1.54, 1.807) is 0 Å². The Morgan fingerprint density at radius 1 is 1.47 bits per heavy atom. The fourth-order valence-corrected chi connectivity index (χ4v) is 2.16. The van der Waals surface area contributed by atoms with E-state index in [0.29, 0.717) is 12.0 Å². The second-order valence-corrected chi connectivity index (χ2v) is 4.50. The van der Waals surface area contributed by atoms with Crippen LogP contribution in [0.5, 0.6) is 0 Å². The van der Waals surface area contributed by atoms with Crippen LogP contribution in [0.25, 0.3) is 0 Å². The average molecular weight is 234 g/mol. The number of nitro benzene ring substituents is 1. The van der Waals surface area contributed by atoms with Gasteiger partial charge in [-0.05, 0) is 30.9 Å². The molecular formula is C12H11FN2O2. The molecule has 17 heavy (non-hydrogen) atoms. The van der Waals surface area contributed by atoms with Crippen LogP contribution in [0.3, 0.4) is 0 Å². The molecule has 88 valence electrons. The molecule has 1 saturated carbocycles. The summed E-state index contributed by atoms with van der Waals surface area (Å²) in [7, 11) is 0. The number of nitriles is 1. The first-order valence-electron chi connectivity index (χ1n) is 5.40. The molecule has 0 aromatic heterocycles. The second kappa shape index (κ2) is 4.13. The van der Waals surface area contributed by atoms with Crippen molar-refractivity contribution < 1.29 is 9.31 Å². The minimum absolute atomic E-state index is 0.257. The molecular weight excluding hydrogens is 223 g/mol. The number of hydrogen-bond donors (Lipinski definition) is 0. The lowest BCUT2D eigenvalue weighted by atomic mass is 9.66. The molecule has 1 aliphatic rings. The molecule has 1 aliphatic carbocycles. The molecule has 0 radical (unpaired) electrons. The monoisotopic (exact) mass is 234 g/mol. The maximum atomic E-state index is 13.2. The smallest absolute Gasteiger partial charge is 0.258 e. The fourth-order valence-electron chi connectivity index (χ4n) is 2.16. The van der Waals surface area contributed by atoms with Crippen LogP contribution >= 0.6 is 0 Å². The first kappa shape index (κ1) is 11.5. The number of hydrogen-bond acceptors (Lipinski definition) is 3. The van der Waals surface area contributed by atoms with Gasteiger partial charge in [0.25, 0.3) is 5.69 Å². The zero-order chi connectivity index (χ0) is 12.5. The number of nitrogens with zero attached hydrogens (tertiary/aromatic N) is 2. The summed E-state index contributed by atoms with van der Waals surface area (Å²) in [6, 6.07) is 5.75. The molecule has 2 rings (SSSR count). The first-order valence-corrected chi connectivity index (χ1v) is 5.40. The zero-order valence-corrected chi connectivity index (χ0v) is 9.15. The molecule has 0 heterocycles. The van der Waals surface area contributed by atoms with E-state index in [9.17, 15) is 14.5 Å². The van der Waals surface area contributed by atoms with Gasteiger partial charge in [-0.25, -0.2) is 4.39 Å². The molecule has 1 aromatic carbocycles. The highest BCUT2D eigenvalue weighted by Gasteiger charge is 2.37. The highest BCUT2D eigenvalue weighted by molar-refractivity contribution is 5.36. The molecule has 0 amide bonds. The molecule has 4 nitrogen and oxygen atoms in total. The van der Waals surface area contributed by atoms with Crippen molar-refractivity contribution in [2.45, 2.75) is 25.7 Å². The molecule has 1 fully saturated rings. The third-order valence-corrected chi connectivity index (χ3v) is 3.24. The number of non-ortho nitro benzene ring substituents is 1. The predicted octanol–water partition coefficient (Wildman–Crippen LogP) is 2.97. The van der Waals surface area contributed by atoms with Gasteiger partial charge in [0.2, 0.25) is 0 Å². The van der Waals surface area contributed by atoms with E-state index in [-0.39, 0.29) is 5.69 Å². The molecule has 0 spiro atoms. The minimum Gasteiger partial charge on any atom is -0.258 e. The van der Waals surface area contributed by atoms with Crippen molar-refractivity contribution in [2.24, 2.45) is 5.41 Å². The summed E-state index contributed by atoms with van der Waals surface area (Å²) in [5, 5.41) is 19.7. The van der Waals surface area contributed by atoms with Crippen LogP contribution in [0.1, 0.15) is 24.8 Å². The van der Waals surface area contributed by atoms with Crippen LogP contribution in [0, 0.1) is 32.7 Å². The summed E-state index contributed by atoms with van der Waals surface area (Å²) in [5.41, 5.74) is -0.174. The van der Waals surface area contributed by atoms with Crippen molar-refractivity contribution in [3.05, 3.63) is 39.7 Å². The Bertz CT molecular complexity index is 504. The third kappa shape index (κ3) is 2.26. The predicted molar refractivity (Wildman–Crippen MR) is 58.7 cm³/mol. The molecule has 0 unspecified atom stereocenters. The lowest BCUT2D eigenvalue weighted by Crippen LogP contribution is -2.29. The summed E-state index contributed by atoms with van der Waals surface area (Å²) >= 11 is 0. The SMILES string of the molecule is N#CC1(Cc2cc(F)cc([N+](=O)[O-])c2)CCC1. The van der Waals surface area contributed by atoms with Crippen LogP contribution < -0.4 is 0 Å². The molecule has 0 N–H and O–H groups in total. The van der Waals surface area contributed by atoms with E-state index in [4.69, 9.17) is 5.26 Å². The maximum Gasteiger partial charge on any atom is 0.272 e. The standard InChI is InChI=1S/C12H11FN2O2/c13-10-4-9(5-11(6-10)15(16)17)7-12(8-14)2-1-3-12/h4-6H,1-3,7H2. The highest BCUT2D eigenvalue weighted by Crippen LogP contribution is 2.43. The van der Waals surface area contributed by atoms with Gasteiger partial charge >= 0.3 is 0 Å². The van der Waals surface area contributed by atoms with E-state index in [1.807, 2.05) is 0 Å². The number of benzene rings is 1. The zero-order valence-electron chi connectivity index (χ0n) is 9.15. The van der Waals surface area contributed by atoms with E-state index in [2.05, 4.69) is 6.07 Å². The Morgan fingerprint density at radius 2 is 2.18 bits per heavy atom. The van der Waals surface area contributed by atoms with Crippen LogP contribution in [-0.4, -0.2) is 4.92 Å². The van der Waals surface area contributed by atoms with Gasteiger partial charge < -0.3 is 0 Å². The second-order valence-electron chi connectivity index (χ2n) is 4.50. The summed E-state index contributed by atoms with van der Waals surface area (Å²) in [6.45, 7) is 0. The van der Waals surface area contributed by atoms with Gasteiger partial charge in [0, 0.05) is 6.07 Å². The lowest BCUT2D eigenvalue weighted by molar-refractivity contribution is -0.385. The van der Waals surface area contributed by atoms with Crippen molar-refractivity contribution in [2.75, 3.05) is 0 Å². The average Bonchev–Trinajstić information content (AvgIpc) is 2.22. The van der Waals surface area contributed by atoms with E-state index in [1.165, 1.54) is 12.1 Å². The Morgan fingerprint density at radius 3 is 2.65 bits per heavy atom. The third-order valence-electron chi connectivity index (χ3n) is 3.24. The minimum atomic E-state index is -0.624. The highest BCUT2D eigenvalue weighted by atomic mass is 19.1. The van der Waals surface area contributed by atoms with Crippen molar-refractivity contribution in [3.63, 3.8) is 0 Å². The summed E-state index contributed by atoms with van der Waals surface area (Å²) in [6.07, 6.45) is 2.95. The quantitative estimate of drug-likeness (QED) is 0.596. The van der Waals surface area contributed by atoms with Crippen LogP contribution in [0.15, 0.2) is 18.2 Å². The number of rotatable bonds is 3. The van der Waals surface area contributed by atoms with Gasteiger partial charge in [-0.2, -0.15) is 5.26 Å². The van der Waals surface area contributed by atoms with Gasteiger partial charge in [-0.3, -0.25) is 10.1 Å². The molecule has 0 atom stereocenters. The first-order chi connectivity index (χ1) is 8.04. The largest absolute Gasteiger partial charge is 0.272 e. The van der Waals surface area contributed by atoms with E-state index in [0.717, 1.165) is 25.3 Å². The maximum absolute atomic E-state index is 13.2. The Labute approximate surface area is 97.8 Å². The van der Waals surface area contributed by atoms with Gasteiger partial charge in [-0.1, -0.05) is 6.42 Å². The fraction of sp³-hybridized carbons (Fsp3) is 0.417. The topological polar surface area (TPSA) is 66.9 Å². The van der Waals surface area contributed by atoms with Crippen LogP contribution in [-0.2, 0) is 6.42 Å². The van der Waals surface area contributed by atoms with Crippen LogP contribution in [0.4, 0.5) is 10.1 Å². The number of nitro groups is 1. The lowest BCUT2D eigenvalue weighted by Gasteiger charge is -2.35. The number of halogens is 1. The van der Waals surface area contributed by atoms with Gasteiger partial charge in [0.15, 0.2) is 0 Å². The molecule has 0 saturated heterocycles. The normalized spacial score (nSPS) is 16.9. The summed E-state index contributed by atoms with van der Waals surface area (Å²) < 4.78 is 13.2. The van der Waals surface area contributed by atoms with Gasteiger partial charge in [-0.15, -0.1) is 0 Å². The van der Waals surface area contributed by atoms with Crippen molar-refractivity contribution in [3.8, 4) is 6.07 Å². The Balaban J connectivity index is 2.27. The molecule has 1 aromatic rings. The van der Waals surface area contributed by atoms with Crippen LogP contribution in [0.2, 0.25) is 0 Å². The van der Waals surface area contributed by atoms with Crippen molar-refractivity contribution >= 4 is 5.69 Å². The molecule has 5 heteroatoms. The van der Waals surface area contributed by atoms with Crippen molar-refractivity contribution in [1.82, 2.24) is 0 Å². The van der Waals surface area contributed by atoms with Crippen molar-refractivity contribution in [1.29, 1.82) is 5.26 Å². The summed E-state index contributed by atoms with van der Waals surface area (Å²) in [5.74, 6) is -0.624. The van der Waals surface area contributed by atoms with Gasteiger partial charge in [0.1, 0.15) is 5.82 Å². The molecule has 0 aliphatic heterocycles. The van der Waals surface area contributed by atoms with E-state index >= 15 is 0 Å².